The van der Waals surface area contributed by atoms with E-state index in [1.54, 1.807) is 4.90 Å². The molecule has 3 aromatic carbocycles. The molecule has 29 heavy (non-hydrogen) atoms. The maximum atomic E-state index is 13.1. The lowest BCUT2D eigenvalue weighted by atomic mass is 10.1. The van der Waals surface area contributed by atoms with Crippen molar-refractivity contribution < 1.29 is 9.59 Å². The summed E-state index contributed by atoms with van der Waals surface area (Å²) in [5.74, 6) is -0.153. The summed E-state index contributed by atoms with van der Waals surface area (Å²) in [7, 11) is 0. The number of benzene rings is 3. The van der Waals surface area contributed by atoms with Crippen LogP contribution in [0.2, 0.25) is 5.02 Å². The molecule has 0 radical (unpaired) electrons. The Labute approximate surface area is 174 Å². The minimum atomic E-state index is -0.318. The first-order chi connectivity index (χ1) is 14.0. The summed E-state index contributed by atoms with van der Waals surface area (Å²) in [6.45, 7) is 1.87. The van der Waals surface area contributed by atoms with Gasteiger partial charge >= 0.3 is 0 Å². The number of carbonyl (C=O) groups excluding carboxylic acids is 2. The van der Waals surface area contributed by atoms with E-state index in [0.29, 0.717) is 17.1 Å². The summed E-state index contributed by atoms with van der Waals surface area (Å²) in [6.07, 6.45) is -0.318. The Balaban J connectivity index is 1.63. The number of fused-ring (bicyclic) bond motifs is 1. The molecule has 2 amide bonds. The molecule has 0 spiro atoms. The average Bonchev–Trinajstić information content (AvgIpc) is 2.97. The third-order valence-corrected chi connectivity index (χ3v) is 5.23. The zero-order chi connectivity index (χ0) is 20.4. The monoisotopic (exact) mass is 405 g/mol. The first-order valence-electron chi connectivity index (χ1n) is 9.30. The highest BCUT2D eigenvalue weighted by Gasteiger charge is 2.36. The van der Waals surface area contributed by atoms with Gasteiger partial charge in [-0.3, -0.25) is 9.59 Å². The number of nitrogens with zero attached hydrogens (tertiary/aromatic N) is 1. The van der Waals surface area contributed by atoms with Crippen molar-refractivity contribution in [2.45, 2.75) is 19.6 Å². The molecule has 0 saturated carbocycles. The highest BCUT2D eigenvalue weighted by Crippen LogP contribution is 2.36. The molecular formula is C23H20ClN3O2. The Morgan fingerprint density at radius 1 is 0.966 bits per heavy atom. The van der Waals surface area contributed by atoms with E-state index in [9.17, 15) is 9.59 Å². The van der Waals surface area contributed by atoms with Crippen LogP contribution in [0.4, 0.5) is 11.4 Å². The average molecular weight is 406 g/mol. The molecule has 146 valence electrons. The molecular weight excluding hydrogens is 386 g/mol. The van der Waals surface area contributed by atoms with Crippen LogP contribution in [0.15, 0.2) is 72.8 Å². The lowest BCUT2D eigenvalue weighted by molar-refractivity contribution is -0.114. The molecule has 1 aliphatic heterocycles. The van der Waals surface area contributed by atoms with Crippen molar-refractivity contribution in [2.75, 3.05) is 10.6 Å². The fourth-order valence-electron chi connectivity index (χ4n) is 3.51. The highest BCUT2D eigenvalue weighted by molar-refractivity contribution is 6.31. The normalized spacial score (nSPS) is 15.2. The summed E-state index contributed by atoms with van der Waals surface area (Å²) in [5, 5.41) is 6.83. The molecule has 0 unspecified atom stereocenters. The third-order valence-electron chi connectivity index (χ3n) is 4.87. The smallest absolute Gasteiger partial charge is 0.256 e. The van der Waals surface area contributed by atoms with Crippen LogP contribution in [-0.2, 0) is 11.3 Å². The van der Waals surface area contributed by atoms with Crippen molar-refractivity contribution in [2.24, 2.45) is 0 Å². The Kier molecular flexibility index (Phi) is 5.23. The van der Waals surface area contributed by atoms with Gasteiger partial charge in [-0.25, -0.2) is 0 Å². The predicted octanol–water partition coefficient (Wildman–Crippen LogP) is 5.07. The molecule has 1 atom stereocenters. The molecule has 0 bridgehead atoms. The van der Waals surface area contributed by atoms with E-state index in [0.717, 1.165) is 22.5 Å². The van der Waals surface area contributed by atoms with Gasteiger partial charge < -0.3 is 15.5 Å². The zero-order valence-corrected chi connectivity index (χ0v) is 16.6. The molecule has 0 aliphatic carbocycles. The van der Waals surface area contributed by atoms with Gasteiger partial charge in [0.05, 0.1) is 0 Å². The lowest BCUT2D eigenvalue weighted by Gasteiger charge is -2.27. The van der Waals surface area contributed by atoms with Crippen LogP contribution in [-0.4, -0.2) is 16.7 Å². The highest BCUT2D eigenvalue weighted by atomic mass is 35.5. The molecule has 5 nitrogen and oxygen atoms in total. The van der Waals surface area contributed by atoms with E-state index >= 15 is 0 Å². The minimum absolute atomic E-state index is 0.0344. The van der Waals surface area contributed by atoms with E-state index in [4.69, 9.17) is 11.6 Å². The molecule has 1 aliphatic rings. The quantitative estimate of drug-likeness (QED) is 0.623. The first kappa shape index (κ1) is 19.0. The van der Waals surface area contributed by atoms with Crippen LogP contribution < -0.4 is 10.6 Å². The maximum absolute atomic E-state index is 13.1. The number of carbonyl (C=O) groups is 2. The van der Waals surface area contributed by atoms with E-state index < -0.39 is 0 Å². The van der Waals surface area contributed by atoms with E-state index in [1.807, 2.05) is 72.8 Å². The summed E-state index contributed by atoms with van der Waals surface area (Å²) >= 11 is 6.34. The number of halogens is 1. The number of hydrogen-bond acceptors (Lipinski definition) is 3. The molecule has 0 aromatic heterocycles. The van der Waals surface area contributed by atoms with E-state index in [1.165, 1.54) is 6.92 Å². The van der Waals surface area contributed by atoms with Gasteiger partial charge in [0.15, 0.2) is 0 Å². The van der Waals surface area contributed by atoms with E-state index in [2.05, 4.69) is 10.6 Å². The van der Waals surface area contributed by atoms with Crippen molar-refractivity contribution in [3.8, 4) is 0 Å². The second-order valence-electron chi connectivity index (χ2n) is 6.92. The Morgan fingerprint density at radius 3 is 2.34 bits per heavy atom. The molecule has 1 heterocycles. The second-order valence-corrected chi connectivity index (χ2v) is 7.32. The molecule has 0 saturated heterocycles. The zero-order valence-electron chi connectivity index (χ0n) is 15.9. The standard InChI is InChI=1S/C23H20ClN3O2/c1-15(28)25-17-10-12-18(13-11-17)26-22-19-7-3-4-8-20(19)23(29)27(22)14-16-6-2-5-9-21(16)24/h2-13,22,26H,14H2,1H3,(H,25,28)/t22-/m0/s1. The number of hydrogen-bond donors (Lipinski definition) is 2. The molecule has 6 heteroatoms. The Bertz CT molecular complexity index is 1070. The van der Waals surface area contributed by atoms with Gasteiger partial charge in [0.25, 0.3) is 5.91 Å². The lowest BCUT2D eigenvalue weighted by Crippen LogP contribution is -2.32. The van der Waals surface area contributed by atoms with Crippen LogP contribution in [0.25, 0.3) is 0 Å². The second kappa shape index (κ2) is 7.97. The van der Waals surface area contributed by atoms with E-state index in [-0.39, 0.29) is 18.0 Å². The number of anilines is 2. The number of rotatable bonds is 5. The number of nitrogens with one attached hydrogen (secondary N) is 2. The fourth-order valence-corrected chi connectivity index (χ4v) is 3.71. The van der Waals surface area contributed by atoms with Crippen molar-refractivity contribution in [1.29, 1.82) is 0 Å². The van der Waals surface area contributed by atoms with Gasteiger partial charge in [0.2, 0.25) is 5.91 Å². The van der Waals surface area contributed by atoms with Crippen molar-refractivity contribution in [1.82, 2.24) is 4.90 Å². The van der Waals surface area contributed by atoms with Crippen LogP contribution in [0, 0.1) is 0 Å². The summed E-state index contributed by atoms with van der Waals surface area (Å²) < 4.78 is 0. The molecule has 0 fully saturated rings. The van der Waals surface area contributed by atoms with Crippen molar-refractivity contribution in [3.63, 3.8) is 0 Å². The van der Waals surface area contributed by atoms with Gasteiger partial charge in [-0.05, 0) is 42.0 Å². The van der Waals surface area contributed by atoms with Gasteiger partial charge in [0, 0.05) is 41.0 Å². The fraction of sp³-hybridized carbons (Fsp3) is 0.130. The number of amides is 2. The largest absolute Gasteiger partial charge is 0.361 e. The van der Waals surface area contributed by atoms with Gasteiger partial charge in [-0.15, -0.1) is 0 Å². The molecule has 4 rings (SSSR count). The maximum Gasteiger partial charge on any atom is 0.256 e. The minimum Gasteiger partial charge on any atom is -0.361 e. The van der Waals surface area contributed by atoms with Crippen molar-refractivity contribution >= 4 is 34.8 Å². The molecule has 3 aromatic rings. The summed E-state index contributed by atoms with van der Waals surface area (Å²) in [6, 6.07) is 22.6. The topological polar surface area (TPSA) is 61.4 Å². The van der Waals surface area contributed by atoms with Crippen LogP contribution in [0.1, 0.15) is 34.6 Å². The van der Waals surface area contributed by atoms with Crippen LogP contribution >= 0.6 is 11.6 Å². The first-order valence-corrected chi connectivity index (χ1v) is 9.68. The van der Waals surface area contributed by atoms with Gasteiger partial charge in [0.1, 0.15) is 6.17 Å². The summed E-state index contributed by atoms with van der Waals surface area (Å²) in [4.78, 5) is 26.1. The SMILES string of the molecule is CC(=O)Nc1ccc(N[C@@H]2c3ccccc3C(=O)N2Cc2ccccc2Cl)cc1. The predicted molar refractivity (Wildman–Crippen MR) is 115 cm³/mol. The van der Waals surface area contributed by atoms with Gasteiger partial charge in [-0.2, -0.15) is 0 Å². The van der Waals surface area contributed by atoms with Crippen LogP contribution in [0.5, 0.6) is 0 Å². The summed E-state index contributed by atoms with van der Waals surface area (Å²) in [5.41, 5.74) is 4.07. The van der Waals surface area contributed by atoms with Gasteiger partial charge in [-0.1, -0.05) is 48.0 Å². The third kappa shape index (κ3) is 3.96. The Hall–Kier alpha value is -3.31. The van der Waals surface area contributed by atoms with Crippen molar-refractivity contribution in [3.05, 3.63) is 94.5 Å². The molecule has 2 N–H and O–H groups in total. The Morgan fingerprint density at radius 2 is 1.62 bits per heavy atom. The van der Waals surface area contributed by atoms with Crippen LogP contribution in [0.3, 0.4) is 0 Å².